The fourth-order valence-corrected chi connectivity index (χ4v) is 2.25. The maximum atomic E-state index is 6.03. The molecule has 2 rings (SSSR count). The van der Waals surface area contributed by atoms with Gasteiger partial charge in [-0.1, -0.05) is 26.0 Å². The molecule has 1 aromatic carbocycles. The predicted octanol–water partition coefficient (Wildman–Crippen LogP) is 4.90. The number of halogens is 1. The number of hydrogen-bond donors (Lipinski definition) is 1. The molecule has 0 amide bonds. The van der Waals surface area contributed by atoms with Crippen LogP contribution in [0, 0.1) is 6.92 Å². The number of ether oxygens (including phenoxy) is 1. The van der Waals surface area contributed by atoms with Gasteiger partial charge >= 0.3 is 0 Å². The molecule has 0 unspecified atom stereocenters. The Balaban J connectivity index is 2.37. The molecule has 0 spiro atoms. The van der Waals surface area contributed by atoms with Crippen molar-refractivity contribution in [3.05, 3.63) is 40.0 Å². The van der Waals surface area contributed by atoms with Crippen molar-refractivity contribution < 1.29 is 4.74 Å². The lowest BCUT2D eigenvalue weighted by Crippen LogP contribution is -2.03. The normalized spacial score (nSPS) is 10.8. The zero-order valence-corrected chi connectivity index (χ0v) is 14.4. The maximum absolute atomic E-state index is 6.03. The summed E-state index contributed by atoms with van der Waals surface area (Å²) in [5.74, 6) is 2.31. The number of benzene rings is 1. The fraction of sp³-hybridized carbons (Fsp3) is 0.375. The minimum atomic E-state index is 0.384. The average molecular weight is 350 g/mol. The van der Waals surface area contributed by atoms with Crippen molar-refractivity contribution in [3.63, 3.8) is 0 Å². The highest BCUT2D eigenvalue weighted by molar-refractivity contribution is 9.10. The Hall–Kier alpha value is -1.62. The monoisotopic (exact) mass is 349 g/mol. The van der Waals surface area contributed by atoms with E-state index in [1.165, 1.54) is 0 Å². The molecule has 0 bridgehead atoms. The van der Waals surface area contributed by atoms with Gasteiger partial charge in [0.2, 0.25) is 11.8 Å². The van der Waals surface area contributed by atoms with Crippen LogP contribution in [0.5, 0.6) is 11.6 Å². The van der Waals surface area contributed by atoms with Crippen LogP contribution in [0.1, 0.15) is 37.8 Å². The van der Waals surface area contributed by atoms with E-state index in [0.29, 0.717) is 17.7 Å². The van der Waals surface area contributed by atoms with Crippen LogP contribution >= 0.6 is 15.9 Å². The topological polar surface area (TPSA) is 47.0 Å². The Bertz CT molecular complexity index is 629. The first-order chi connectivity index (χ1) is 10.0. The number of hydrogen-bond acceptors (Lipinski definition) is 4. The van der Waals surface area contributed by atoms with Crippen molar-refractivity contribution in [2.24, 2.45) is 0 Å². The molecule has 0 atom stereocenters. The molecule has 1 aromatic heterocycles. The molecule has 0 radical (unpaired) electrons. The number of nitrogens with zero attached hydrogens (tertiary/aromatic N) is 2. The average Bonchev–Trinajstić information content (AvgIpc) is 2.42. The minimum absolute atomic E-state index is 0.384. The second kappa shape index (κ2) is 6.89. The lowest BCUT2D eigenvalue weighted by molar-refractivity contribution is 0.450. The molecular weight excluding hydrogens is 330 g/mol. The third-order valence-corrected chi connectivity index (χ3v) is 3.59. The summed E-state index contributed by atoms with van der Waals surface area (Å²) in [6.07, 6.45) is 1.70. The van der Waals surface area contributed by atoms with E-state index in [0.717, 1.165) is 27.9 Å². The number of aromatic nitrogens is 2. The van der Waals surface area contributed by atoms with Gasteiger partial charge in [-0.25, -0.2) is 4.98 Å². The van der Waals surface area contributed by atoms with Gasteiger partial charge < -0.3 is 10.1 Å². The predicted molar refractivity (Wildman–Crippen MR) is 89.2 cm³/mol. The van der Waals surface area contributed by atoms with E-state index in [2.05, 4.69) is 64.1 Å². The van der Waals surface area contributed by atoms with Gasteiger partial charge in [0.25, 0.3) is 0 Å². The van der Waals surface area contributed by atoms with Gasteiger partial charge in [-0.05, 0) is 52.9 Å². The van der Waals surface area contributed by atoms with Gasteiger partial charge in [0.15, 0.2) is 0 Å². The first-order valence-corrected chi connectivity index (χ1v) is 7.85. The number of aryl methyl sites for hydroxylation is 1. The molecule has 0 aliphatic carbocycles. The van der Waals surface area contributed by atoms with Crippen LogP contribution in [-0.4, -0.2) is 16.5 Å². The van der Waals surface area contributed by atoms with E-state index >= 15 is 0 Å². The summed E-state index contributed by atoms with van der Waals surface area (Å²) >= 11 is 3.44. The standard InChI is InChI=1S/C16H20BrN3O/c1-5-18-16-19-9-13(17)15(20-16)21-14-8-11(4)6-7-12(14)10(2)3/h6-10H,5H2,1-4H3,(H,18,19,20). The summed E-state index contributed by atoms with van der Waals surface area (Å²) in [7, 11) is 0. The first-order valence-electron chi connectivity index (χ1n) is 7.06. The molecule has 0 aliphatic heterocycles. The molecule has 0 saturated carbocycles. The molecule has 112 valence electrons. The third-order valence-electron chi connectivity index (χ3n) is 3.04. The summed E-state index contributed by atoms with van der Waals surface area (Å²) < 4.78 is 6.77. The molecule has 0 fully saturated rings. The van der Waals surface area contributed by atoms with Crippen LogP contribution in [0.4, 0.5) is 5.95 Å². The highest BCUT2D eigenvalue weighted by Crippen LogP contribution is 2.33. The highest BCUT2D eigenvalue weighted by atomic mass is 79.9. The van der Waals surface area contributed by atoms with Gasteiger partial charge in [-0.15, -0.1) is 0 Å². The second-order valence-electron chi connectivity index (χ2n) is 5.18. The van der Waals surface area contributed by atoms with Gasteiger partial charge in [-0.3, -0.25) is 0 Å². The Kier molecular flexibility index (Phi) is 5.17. The maximum Gasteiger partial charge on any atom is 0.238 e. The minimum Gasteiger partial charge on any atom is -0.437 e. The summed E-state index contributed by atoms with van der Waals surface area (Å²) in [5, 5.41) is 3.09. The van der Waals surface area contributed by atoms with Crippen molar-refractivity contribution in [3.8, 4) is 11.6 Å². The van der Waals surface area contributed by atoms with E-state index < -0.39 is 0 Å². The fourth-order valence-electron chi connectivity index (χ4n) is 1.98. The Morgan fingerprint density at radius 3 is 2.76 bits per heavy atom. The van der Waals surface area contributed by atoms with Crippen LogP contribution in [0.2, 0.25) is 0 Å². The molecule has 2 aromatic rings. The molecule has 4 nitrogen and oxygen atoms in total. The van der Waals surface area contributed by atoms with Gasteiger partial charge in [-0.2, -0.15) is 4.98 Å². The summed E-state index contributed by atoms with van der Waals surface area (Å²) in [5.41, 5.74) is 2.32. The van der Waals surface area contributed by atoms with Crippen LogP contribution in [0.15, 0.2) is 28.9 Å². The second-order valence-corrected chi connectivity index (χ2v) is 6.03. The summed E-state index contributed by atoms with van der Waals surface area (Å²) in [6.45, 7) is 9.12. The van der Waals surface area contributed by atoms with Gasteiger partial charge in [0, 0.05) is 6.54 Å². The third kappa shape index (κ3) is 3.94. The van der Waals surface area contributed by atoms with Crippen LogP contribution < -0.4 is 10.1 Å². The summed E-state index contributed by atoms with van der Waals surface area (Å²) in [4.78, 5) is 8.59. The SMILES string of the molecule is CCNc1ncc(Br)c(Oc2cc(C)ccc2C(C)C)n1. The van der Waals surface area contributed by atoms with E-state index in [1.807, 2.05) is 13.0 Å². The van der Waals surface area contributed by atoms with Gasteiger partial charge in [0.05, 0.1) is 10.7 Å². The van der Waals surface area contributed by atoms with E-state index in [-0.39, 0.29) is 0 Å². The molecule has 21 heavy (non-hydrogen) atoms. The Morgan fingerprint density at radius 2 is 2.10 bits per heavy atom. The molecule has 5 heteroatoms. The van der Waals surface area contributed by atoms with Crippen LogP contribution in [0.3, 0.4) is 0 Å². The van der Waals surface area contributed by atoms with Crippen LogP contribution in [0.25, 0.3) is 0 Å². The van der Waals surface area contributed by atoms with Crippen molar-refractivity contribution in [2.45, 2.75) is 33.6 Å². The molecule has 0 saturated heterocycles. The van der Waals surface area contributed by atoms with E-state index in [4.69, 9.17) is 4.74 Å². The Morgan fingerprint density at radius 1 is 1.33 bits per heavy atom. The smallest absolute Gasteiger partial charge is 0.238 e. The quantitative estimate of drug-likeness (QED) is 0.834. The number of rotatable bonds is 5. The van der Waals surface area contributed by atoms with Crippen LogP contribution in [-0.2, 0) is 0 Å². The van der Waals surface area contributed by atoms with Gasteiger partial charge in [0.1, 0.15) is 5.75 Å². The van der Waals surface area contributed by atoms with Crippen molar-refractivity contribution >= 4 is 21.9 Å². The molecular formula is C16H20BrN3O. The van der Waals surface area contributed by atoms with E-state index in [9.17, 15) is 0 Å². The molecule has 0 aliphatic rings. The number of anilines is 1. The van der Waals surface area contributed by atoms with Crippen molar-refractivity contribution in [1.82, 2.24) is 9.97 Å². The zero-order chi connectivity index (χ0) is 15.4. The highest BCUT2D eigenvalue weighted by Gasteiger charge is 2.13. The lowest BCUT2D eigenvalue weighted by Gasteiger charge is -2.15. The molecule has 1 heterocycles. The first kappa shape index (κ1) is 15.8. The van der Waals surface area contributed by atoms with E-state index in [1.54, 1.807) is 6.20 Å². The zero-order valence-electron chi connectivity index (χ0n) is 12.8. The largest absolute Gasteiger partial charge is 0.437 e. The lowest BCUT2D eigenvalue weighted by atomic mass is 10.0. The van der Waals surface area contributed by atoms with Crippen molar-refractivity contribution in [2.75, 3.05) is 11.9 Å². The Labute approximate surface area is 134 Å². The summed E-state index contributed by atoms with van der Waals surface area (Å²) in [6, 6.07) is 6.24. The van der Waals surface area contributed by atoms with Crippen molar-refractivity contribution in [1.29, 1.82) is 0 Å². The molecule has 1 N–H and O–H groups in total. The number of nitrogens with one attached hydrogen (secondary N) is 1.